The normalized spacial score (nSPS) is 10.5. The molecule has 0 saturated carbocycles. The van der Waals surface area contributed by atoms with E-state index in [1.54, 1.807) is 36.4 Å². The average molecular weight is 333 g/mol. The van der Waals surface area contributed by atoms with Crippen LogP contribution in [0.1, 0.15) is 5.56 Å². The Labute approximate surface area is 137 Å². The van der Waals surface area contributed by atoms with Crippen LogP contribution in [0.4, 0.5) is 11.4 Å². The number of benzene rings is 2. The number of rotatable bonds is 6. The van der Waals surface area contributed by atoms with Crippen LogP contribution in [0.15, 0.2) is 53.6 Å². The fourth-order valence-corrected chi connectivity index (χ4v) is 1.92. The zero-order valence-electron chi connectivity index (χ0n) is 11.9. The maximum atomic E-state index is 11.7. The summed E-state index contributed by atoms with van der Waals surface area (Å²) >= 11 is 5.95. The lowest BCUT2D eigenvalue weighted by molar-refractivity contribution is -0.384. The Morgan fingerprint density at radius 3 is 2.78 bits per heavy atom. The first-order chi connectivity index (χ1) is 11.1. The molecule has 0 atom stereocenters. The molecule has 0 unspecified atom stereocenters. The van der Waals surface area contributed by atoms with Crippen molar-refractivity contribution in [3.8, 4) is 0 Å². The van der Waals surface area contributed by atoms with Crippen LogP contribution in [-0.2, 0) is 4.79 Å². The van der Waals surface area contributed by atoms with Gasteiger partial charge in [0.1, 0.15) is 0 Å². The molecule has 0 spiro atoms. The van der Waals surface area contributed by atoms with Gasteiger partial charge in [0.2, 0.25) is 0 Å². The molecule has 0 aliphatic heterocycles. The van der Waals surface area contributed by atoms with E-state index in [1.165, 1.54) is 18.3 Å². The number of hydrazone groups is 1. The summed E-state index contributed by atoms with van der Waals surface area (Å²) in [7, 11) is 0. The fraction of sp³-hybridized carbons (Fsp3) is 0.0667. The summed E-state index contributed by atoms with van der Waals surface area (Å²) in [5.74, 6) is -0.369. The summed E-state index contributed by atoms with van der Waals surface area (Å²) in [4.78, 5) is 21.8. The van der Waals surface area contributed by atoms with Gasteiger partial charge in [-0.25, -0.2) is 5.43 Å². The molecule has 0 bridgehead atoms. The monoisotopic (exact) mass is 332 g/mol. The minimum atomic E-state index is -0.497. The van der Waals surface area contributed by atoms with Crippen LogP contribution < -0.4 is 10.7 Å². The van der Waals surface area contributed by atoms with Crippen LogP contribution in [0, 0.1) is 10.1 Å². The summed E-state index contributed by atoms with van der Waals surface area (Å²) in [6.45, 7) is -0.00396. The van der Waals surface area contributed by atoms with Crippen LogP contribution in [0.2, 0.25) is 5.02 Å². The van der Waals surface area contributed by atoms with Gasteiger partial charge in [-0.05, 0) is 12.1 Å². The lowest BCUT2D eigenvalue weighted by Crippen LogP contribution is -2.25. The first-order valence-corrected chi connectivity index (χ1v) is 6.99. The second-order valence-corrected chi connectivity index (χ2v) is 4.89. The van der Waals surface area contributed by atoms with Crippen molar-refractivity contribution in [3.63, 3.8) is 0 Å². The molecule has 0 saturated heterocycles. The molecule has 0 fully saturated rings. The lowest BCUT2D eigenvalue weighted by Gasteiger charge is -2.06. The Morgan fingerprint density at radius 1 is 1.26 bits per heavy atom. The Kier molecular flexibility index (Phi) is 5.65. The van der Waals surface area contributed by atoms with Gasteiger partial charge in [0.15, 0.2) is 0 Å². The minimum absolute atomic E-state index is 0.00396. The van der Waals surface area contributed by atoms with Gasteiger partial charge in [-0.3, -0.25) is 14.9 Å². The topological polar surface area (TPSA) is 96.6 Å². The van der Waals surface area contributed by atoms with Crippen molar-refractivity contribution in [2.24, 2.45) is 5.10 Å². The first kappa shape index (κ1) is 16.4. The number of anilines is 1. The highest BCUT2D eigenvalue weighted by Gasteiger charge is 2.04. The highest BCUT2D eigenvalue weighted by molar-refractivity contribution is 6.33. The second kappa shape index (κ2) is 7.90. The molecule has 2 N–H and O–H groups in total. The fourth-order valence-electron chi connectivity index (χ4n) is 1.72. The van der Waals surface area contributed by atoms with E-state index in [-0.39, 0.29) is 18.1 Å². The number of hydrogen-bond donors (Lipinski definition) is 2. The van der Waals surface area contributed by atoms with Crippen molar-refractivity contribution in [1.82, 2.24) is 5.43 Å². The maximum absolute atomic E-state index is 11.7. The van der Waals surface area contributed by atoms with Crippen molar-refractivity contribution < 1.29 is 9.72 Å². The van der Waals surface area contributed by atoms with Crippen molar-refractivity contribution in [1.29, 1.82) is 0 Å². The number of amides is 1. The van der Waals surface area contributed by atoms with Gasteiger partial charge in [-0.15, -0.1) is 0 Å². The molecule has 23 heavy (non-hydrogen) atoms. The Bertz CT molecular complexity index is 749. The van der Waals surface area contributed by atoms with Gasteiger partial charge in [-0.2, -0.15) is 5.10 Å². The van der Waals surface area contributed by atoms with E-state index in [1.807, 2.05) is 0 Å². The van der Waals surface area contributed by atoms with Gasteiger partial charge >= 0.3 is 0 Å². The number of nitrogens with zero attached hydrogens (tertiary/aromatic N) is 2. The molecule has 0 aliphatic carbocycles. The summed E-state index contributed by atoms with van der Waals surface area (Å²) in [5.41, 5.74) is 3.44. The number of para-hydroxylation sites is 1. The van der Waals surface area contributed by atoms with Gasteiger partial charge in [0.25, 0.3) is 11.6 Å². The molecule has 0 aliphatic rings. The van der Waals surface area contributed by atoms with E-state index in [0.717, 1.165) is 0 Å². The van der Waals surface area contributed by atoms with Crippen LogP contribution in [0.3, 0.4) is 0 Å². The van der Waals surface area contributed by atoms with Gasteiger partial charge in [-0.1, -0.05) is 35.9 Å². The van der Waals surface area contributed by atoms with E-state index in [0.29, 0.717) is 16.3 Å². The smallest absolute Gasteiger partial charge is 0.270 e. The van der Waals surface area contributed by atoms with E-state index >= 15 is 0 Å². The number of nitro benzene ring substituents is 1. The first-order valence-electron chi connectivity index (χ1n) is 6.61. The summed E-state index contributed by atoms with van der Waals surface area (Å²) in [6.07, 6.45) is 1.33. The molecule has 2 aromatic rings. The summed E-state index contributed by atoms with van der Waals surface area (Å²) in [5, 5.41) is 17.8. The van der Waals surface area contributed by atoms with E-state index in [4.69, 9.17) is 11.6 Å². The number of carbonyl (C=O) groups is 1. The third kappa shape index (κ3) is 5.08. The number of halogens is 1. The zero-order valence-corrected chi connectivity index (χ0v) is 12.7. The van der Waals surface area contributed by atoms with E-state index in [2.05, 4.69) is 15.8 Å². The highest BCUT2D eigenvalue weighted by atomic mass is 35.5. The predicted molar refractivity (Wildman–Crippen MR) is 88.8 cm³/mol. The van der Waals surface area contributed by atoms with E-state index < -0.39 is 4.92 Å². The number of hydrogen-bond acceptors (Lipinski definition) is 5. The predicted octanol–water partition coefficient (Wildman–Crippen LogP) is 2.81. The van der Waals surface area contributed by atoms with Crippen LogP contribution >= 0.6 is 11.6 Å². The molecule has 0 radical (unpaired) electrons. The molecule has 0 aromatic heterocycles. The molecular formula is C15H13ClN4O3. The third-order valence-corrected chi connectivity index (χ3v) is 3.13. The van der Waals surface area contributed by atoms with Crippen LogP contribution in [-0.4, -0.2) is 23.6 Å². The lowest BCUT2D eigenvalue weighted by atomic mass is 10.2. The van der Waals surface area contributed by atoms with Gasteiger partial charge in [0, 0.05) is 17.7 Å². The Morgan fingerprint density at radius 2 is 2.04 bits per heavy atom. The average Bonchev–Trinajstić information content (AvgIpc) is 2.54. The van der Waals surface area contributed by atoms with Crippen LogP contribution in [0.5, 0.6) is 0 Å². The molecule has 2 rings (SSSR count). The SMILES string of the molecule is O=C(CNc1ccccc1Cl)N/N=C/c1cccc([N+](=O)[O-])c1. The number of nitrogens with one attached hydrogen (secondary N) is 2. The summed E-state index contributed by atoms with van der Waals surface area (Å²) in [6, 6.07) is 13.0. The third-order valence-electron chi connectivity index (χ3n) is 2.80. The Hall–Kier alpha value is -2.93. The Balaban J connectivity index is 1.85. The van der Waals surface area contributed by atoms with E-state index in [9.17, 15) is 14.9 Å². The van der Waals surface area contributed by atoms with Gasteiger partial charge < -0.3 is 5.32 Å². The molecule has 1 amide bonds. The van der Waals surface area contributed by atoms with Crippen molar-refractivity contribution >= 4 is 35.1 Å². The summed E-state index contributed by atoms with van der Waals surface area (Å²) < 4.78 is 0. The highest BCUT2D eigenvalue weighted by Crippen LogP contribution is 2.19. The van der Waals surface area contributed by atoms with Gasteiger partial charge in [0.05, 0.1) is 28.4 Å². The zero-order chi connectivity index (χ0) is 16.7. The quantitative estimate of drug-likeness (QED) is 0.483. The minimum Gasteiger partial charge on any atom is -0.375 e. The van der Waals surface area contributed by atoms with Crippen LogP contribution in [0.25, 0.3) is 0 Å². The molecular weight excluding hydrogens is 320 g/mol. The van der Waals surface area contributed by atoms with Crippen molar-refractivity contribution in [3.05, 3.63) is 69.2 Å². The van der Waals surface area contributed by atoms with Crippen molar-refractivity contribution in [2.45, 2.75) is 0 Å². The second-order valence-electron chi connectivity index (χ2n) is 4.48. The largest absolute Gasteiger partial charge is 0.375 e. The number of non-ortho nitro benzene ring substituents is 1. The number of carbonyl (C=O) groups excluding carboxylic acids is 1. The molecule has 0 heterocycles. The molecule has 118 valence electrons. The number of nitro groups is 1. The standard InChI is InChI=1S/C15H13ClN4O3/c16-13-6-1-2-7-14(13)17-10-15(21)19-18-9-11-4-3-5-12(8-11)20(22)23/h1-9,17H,10H2,(H,19,21)/b18-9+. The van der Waals surface area contributed by atoms with Crippen molar-refractivity contribution in [2.75, 3.05) is 11.9 Å². The molecule has 2 aromatic carbocycles. The molecule has 7 nitrogen and oxygen atoms in total. The maximum Gasteiger partial charge on any atom is 0.270 e. The molecule has 8 heteroatoms.